The van der Waals surface area contributed by atoms with Crippen LogP contribution in [0.3, 0.4) is 0 Å². The standard InChI is InChI=1S/C22H26BrN5/c1-16-14-18(23)10-11-19(16)25-21-15-20(17-8-5-4-6-9-17)26-22(27-21)24-12-7-13-28(2)3/h4-6,8-11,14-15H,7,12-13H2,1-3H3,(H2,24,25,26,27). The summed E-state index contributed by atoms with van der Waals surface area (Å²) in [4.78, 5) is 11.6. The maximum atomic E-state index is 4.72. The predicted molar refractivity (Wildman–Crippen MR) is 121 cm³/mol. The first-order valence-electron chi connectivity index (χ1n) is 9.37. The van der Waals surface area contributed by atoms with Crippen LogP contribution in [-0.4, -0.2) is 42.1 Å². The van der Waals surface area contributed by atoms with Gasteiger partial charge < -0.3 is 15.5 Å². The number of hydrogen-bond acceptors (Lipinski definition) is 5. The van der Waals surface area contributed by atoms with Crippen molar-refractivity contribution in [2.24, 2.45) is 0 Å². The zero-order chi connectivity index (χ0) is 19.9. The monoisotopic (exact) mass is 439 g/mol. The molecule has 0 aliphatic heterocycles. The van der Waals surface area contributed by atoms with Gasteiger partial charge in [0.1, 0.15) is 5.82 Å². The van der Waals surface area contributed by atoms with Crippen molar-refractivity contribution < 1.29 is 0 Å². The molecule has 5 nitrogen and oxygen atoms in total. The van der Waals surface area contributed by atoms with E-state index in [1.54, 1.807) is 0 Å². The molecule has 0 atom stereocenters. The van der Waals surface area contributed by atoms with Gasteiger partial charge in [-0.2, -0.15) is 4.98 Å². The van der Waals surface area contributed by atoms with Crippen LogP contribution in [0.5, 0.6) is 0 Å². The molecule has 1 heterocycles. The van der Waals surface area contributed by atoms with Crippen molar-refractivity contribution in [3.63, 3.8) is 0 Å². The molecule has 0 radical (unpaired) electrons. The molecule has 2 aromatic carbocycles. The van der Waals surface area contributed by atoms with Gasteiger partial charge in [0.25, 0.3) is 0 Å². The third-order valence-corrected chi connectivity index (χ3v) is 4.81. The highest BCUT2D eigenvalue weighted by Crippen LogP contribution is 2.26. The zero-order valence-corrected chi connectivity index (χ0v) is 18.1. The Bertz CT molecular complexity index is 912. The fourth-order valence-corrected chi connectivity index (χ4v) is 3.32. The van der Waals surface area contributed by atoms with E-state index < -0.39 is 0 Å². The molecule has 0 saturated carbocycles. The highest BCUT2D eigenvalue weighted by molar-refractivity contribution is 9.10. The lowest BCUT2D eigenvalue weighted by Gasteiger charge is -2.14. The maximum absolute atomic E-state index is 4.72. The van der Waals surface area contributed by atoms with Crippen LogP contribution in [0.25, 0.3) is 11.3 Å². The lowest BCUT2D eigenvalue weighted by atomic mass is 10.1. The lowest BCUT2D eigenvalue weighted by molar-refractivity contribution is 0.405. The minimum Gasteiger partial charge on any atom is -0.354 e. The molecule has 28 heavy (non-hydrogen) atoms. The molecule has 3 rings (SSSR count). The van der Waals surface area contributed by atoms with Crippen LogP contribution in [-0.2, 0) is 0 Å². The molecule has 0 bridgehead atoms. The molecule has 6 heteroatoms. The average molecular weight is 440 g/mol. The Labute approximate surface area is 175 Å². The van der Waals surface area contributed by atoms with E-state index >= 15 is 0 Å². The van der Waals surface area contributed by atoms with Gasteiger partial charge in [-0.1, -0.05) is 46.3 Å². The van der Waals surface area contributed by atoms with Gasteiger partial charge in [-0.15, -0.1) is 0 Å². The van der Waals surface area contributed by atoms with Gasteiger partial charge in [-0.25, -0.2) is 4.98 Å². The van der Waals surface area contributed by atoms with Crippen molar-refractivity contribution >= 4 is 33.4 Å². The zero-order valence-electron chi connectivity index (χ0n) is 16.5. The predicted octanol–water partition coefficient (Wildman–Crippen LogP) is 5.32. The van der Waals surface area contributed by atoms with Crippen molar-refractivity contribution in [1.82, 2.24) is 14.9 Å². The number of halogens is 1. The minimum atomic E-state index is 0.636. The van der Waals surface area contributed by atoms with Crippen LogP contribution in [0.15, 0.2) is 59.1 Å². The highest BCUT2D eigenvalue weighted by Gasteiger charge is 2.08. The number of nitrogens with zero attached hydrogens (tertiary/aromatic N) is 3. The van der Waals surface area contributed by atoms with E-state index in [-0.39, 0.29) is 0 Å². The summed E-state index contributed by atoms with van der Waals surface area (Å²) in [6, 6.07) is 18.3. The molecule has 0 saturated heterocycles. The first-order chi connectivity index (χ1) is 13.5. The smallest absolute Gasteiger partial charge is 0.225 e. The third-order valence-electron chi connectivity index (χ3n) is 4.31. The Morgan fingerprint density at radius 3 is 2.50 bits per heavy atom. The SMILES string of the molecule is Cc1cc(Br)ccc1Nc1cc(-c2ccccc2)nc(NCCCN(C)C)n1. The molecule has 0 aliphatic rings. The van der Waals surface area contributed by atoms with Crippen LogP contribution < -0.4 is 10.6 Å². The molecular weight excluding hydrogens is 414 g/mol. The number of hydrogen-bond donors (Lipinski definition) is 2. The van der Waals surface area contributed by atoms with Crippen molar-refractivity contribution in [2.75, 3.05) is 37.8 Å². The summed E-state index contributed by atoms with van der Waals surface area (Å²) in [7, 11) is 4.16. The fourth-order valence-electron chi connectivity index (χ4n) is 2.85. The first kappa shape index (κ1) is 20.3. The normalized spacial score (nSPS) is 10.9. The topological polar surface area (TPSA) is 53.1 Å². The summed E-state index contributed by atoms with van der Waals surface area (Å²) < 4.78 is 1.06. The van der Waals surface area contributed by atoms with Gasteiger partial charge in [-0.3, -0.25) is 0 Å². The van der Waals surface area contributed by atoms with E-state index in [4.69, 9.17) is 4.98 Å². The Hall–Kier alpha value is -2.44. The molecule has 0 unspecified atom stereocenters. The number of nitrogens with one attached hydrogen (secondary N) is 2. The average Bonchev–Trinajstić information content (AvgIpc) is 2.68. The molecule has 0 amide bonds. The Morgan fingerprint density at radius 1 is 1.00 bits per heavy atom. The molecule has 1 aromatic heterocycles. The number of rotatable bonds is 8. The molecule has 0 spiro atoms. The summed E-state index contributed by atoms with van der Waals surface area (Å²) in [5, 5.41) is 6.80. The van der Waals surface area contributed by atoms with Crippen molar-refractivity contribution in [2.45, 2.75) is 13.3 Å². The van der Waals surface area contributed by atoms with Gasteiger partial charge in [0.05, 0.1) is 5.69 Å². The van der Waals surface area contributed by atoms with Crippen LogP contribution in [0.2, 0.25) is 0 Å². The van der Waals surface area contributed by atoms with Crippen LogP contribution >= 0.6 is 15.9 Å². The van der Waals surface area contributed by atoms with Crippen LogP contribution in [0, 0.1) is 6.92 Å². The van der Waals surface area contributed by atoms with Gasteiger partial charge in [0.2, 0.25) is 5.95 Å². The van der Waals surface area contributed by atoms with Gasteiger partial charge in [0, 0.05) is 28.3 Å². The van der Waals surface area contributed by atoms with E-state index in [2.05, 4.69) is 75.7 Å². The quantitative estimate of drug-likeness (QED) is 0.465. The second kappa shape index (κ2) is 9.66. The second-order valence-corrected chi connectivity index (χ2v) is 7.91. The molecular formula is C22H26BrN5. The van der Waals surface area contributed by atoms with E-state index in [1.165, 1.54) is 0 Å². The summed E-state index contributed by atoms with van der Waals surface area (Å²) >= 11 is 3.51. The van der Waals surface area contributed by atoms with Crippen LogP contribution in [0.4, 0.5) is 17.5 Å². The second-order valence-electron chi connectivity index (χ2n) is 7.00. The molecule has 0 fully saturated rings. The summed E-state index contributed by atoms with van der Waals surface area (Å²) in [6.45, 7) is 3.93. The van der Waals surface area contributed by atoms with Gasteiger partial charge in [0.15, 0.2) is 0 Å². The Morgan fingerprint density at radius 2 is 1.79 bits per heavy atom. The fraction of sp³-hybridized carbons (Fsp3) is 0.273. The maximum Gasteiger partial charge on any atom is 0.225 e. The van der Waals surface area contributed by atoms with Gasteiger partial charge in [-0.05, 0) is 57.7 Å². The first-order valence-corrected chi connectivity index (χ1v) is 10.2. The van der Waals surface area contributed by atoms with Crippen LogP contribution in [0.1, 0.15) is 12.0 Å². The molecule has 3 aromatic rings. The lowest BCUT2D eigenvalue weighted by Crippen LogP contribution is -2.17. The van der Waals surface area contributed by atoms with Gasteiger partial charge >= 0.3 is 0 Å². The summed E-state index contributed by atoms with van der Waals surface area (Å²) in [6.07, 6.45) is 1.03. The van der Waals surface area contributed by atoms with E-state index in [0.29, 0.717) is 5.95 Å². The number of aromatic nitrogens is 2. The Balaban J connectivity index is 1.86. The summed E-state index contributed by atoms with van der Waals surface area (Å²) in [5.74, 6) is 1.41. The largest absolute Gasteiger partial charge is 0.354 e. The summed E-state index contributed by atoms with van der Waals surface area (Å²) in [5.41, 5.74) is 4.13. The van der Waals surface area contributed by atoms with Crippen molar-refractivity contribution in [3.8, 4) is 11.3 Å². The van der Waals surface area contributed by atoms with E-state index in [0.717, 1.165) is 52.3 Å². The number of anilines is 3. The molecule has 146 valence electrons. The third kappa shape index (κ3) is 5.78. The molecule has 0 aliphatic carbocycles. The highest BCUT2D eigenvalue weighted by atomic mass is 79.9. The minimum absolute atomic E-state index is 0.636. The van der Waals surface area contributed by atoms with E-state index in [9.17, 15) is 0 Å². The van der Waals surface area contributed by atoms with Crippen molar-refractivity contribution in [3.05, 3.63) is 64.6 Å². The number of aryl methyl sites for hydroxylation is 1. The van der Waals surface area contributed by atoms with E-state index in [1.807, 2.05) is 36.4 Å². The number of benzene rings is 2. The van der Waals surface area contributed by atoms with Crippen molar-refractivity contribution in [1.29, 1.82) is 0 Å². The Kier molecular flexibility index (Phi) is 7.01. The molecule has 2 N–H and O–H groups in total.